The number of ketones is 1. The van der Waals surface area contributed by atoms with Crippen LogP contribution in [0.1, 0.15) is 35.0 Å². The molecule has 0 bridgehead atoms. The molecule has 0 amide bonds. The van der Waals surface area contributed by atoms with Crippen LogP contribution in [-0.2, 0) is 6.54 Å². The standard InChI is InChI=1S/C14H14Cl2N2O/c1-3-7-18-13(11(15)8-17-18)14(19)10-6-4-5-9(2)12(10)16/h4-6,8H,3,7H2,1-2H3. The minimum atomic E-state index is -0.190. The van der Waals surface area contributed by atoms with E-state index in [2.05, 4.69) is 5.10 Å². The van der Waals surface area contributed by atoms with E-state index in [1.54, 1.807) is 10.7 Å². The molecular weight excluding hydrogens is 283 g/mol. The molecule has 0 saturated carbocycles. The van der Waals surface area contributed by atoms with E-state index in [1.807, 2.05) is 26.0 Å². The third kappa shape index (κ3) is 2.67. The van der Waals surface area contributed by atoms with Crippen LogP contribution in [0.3, 0.4) is 0 Å². The van der Waals surface area contributed by atoms with Gasteiger partial charge in [0.25, 0.3) is 0 Å². The molecule has 0 aliphatic rings. The Bertz CT molecular complexity index is 620. The van der Waals surface area contributed by atoms with E-state index in [9.17, 15) is 4.79 Å². The summed E-state index contributed by atoms with van der Waals surface area (Å²) in [5.74, 6) is -0.190. The fraction of sp³-hybridized carbons (Fsp3) is 0.286. The first-order valence-electron chi connectivity index (χ1n) is 6.07. The summed E-state index contributed by atoms with van der Waals surface area (Å²) in [5.41, 5.74) is 1.72. The summed E-state index contributed by atoms with van der Waals surface area (Å²) in [6.45, 7) is 4.53. The summed E-state index contributed by atoms with van der Waals surface area (Å²) in [5, 5.41) is 4.95. The maximum atomic E-state index is 12.6. The average Bonchev–Trinajstić information content (AvgIpc) is 2.74. The first kappa shape index (κ1) is 14.1. The van der Waals surface area contributed by atoms with Gasteiger partial charge in [0.2, 0.25) is 5.78 Å². The Balaban J connectivity index is 2.50. The smallest absolute Gasteiger partial charge is 0.214 e. The molecule has 2 rings (SSSR count). The van der Waals surface area contributed by atoms with Crippen LogP contribution in [0.2, 0.25) is 10.0 Å². The third-order valence-electron chi connectivity index (χ3n) is 2.88. The van der Waals surface area contributed by atoms with Crippen molar-refractivity contribution >= 4 is 29.0 Å². The molecule has 100 valence electrons. The largest absolute Gasteiger partial charge is 0.287 e. The first-order valence-corrected chi connectivity index (χ1v) is 6.83. The molecule has 3 nitrogen and oxygen atoms in total. The van der Waals surface area contributed by atoms with Crippen LogP contribution < -0.4 is 0 Å². The van der Waals surface area contributed by atoms with Crippen LogP contribution in [0.5, 0.6) is 0 Å². The van der Waals surface area contributed by atoms with Crippen molar-refractivity contribution in [3.63, 3.8) is 0 Å². The van der Waals surface area contributed by atoms with Crippen molar-refractivity contribution < 1.29 is 4.79 Å². The zero-order chi connectivity index (χ0) is 14.0. The van der Waals surface area contributed by atoms with Gasteiger partial charge in [-0.25, -0.2) is 0 Å². The molecule has 1 aromatic carbocycles. The van der Waals surface area contributed by atoms with Crippen LogP contribution in [0, 0.1) is 6.92 Å². The van der Waals surface area contributed by atoms with E-state index in [4.69, 9.17) is 23.2 Å². The lowest BCUT2D eigenvalue weighted by Crippen LogP contribution is -2.12. The Labute approximate surface area is 122 Å². The Morgan fingerprint density at radius 1 is 1.37 bits per heavy atom. The zero-order valence-electron chi connectivity index (χ0n) is 10.8. The van der Waals surface area contributed by atoms with Gasteiger partial charge in [-0.15, -0.1) is 0 Å². The molecule has 0 spiro atoms. The first-order chi connectivity index (χ1) is 9.06. The summed E-state index contributed by atoms with van der Waals surface area (Å²) in [6, 6.07) is 5.38. The van der Waals surface area contributed by atoms with Gasteiger partial charge in [0.15, 0.2) is 0 Å². The summed E-state index contributed by atoms with van der Waals surface area (Å²) in [7, 11) is 0. The van der Waals surface area contributed by atoms with Crippen molar-refractivity contribution in [1.82, 2.24) is 9.78 Å². The average molecular weight is 297 g/mol. The molecule has 0 fully saturated rings. The van der Waals surface area contributed by atoms with Gasteiger partial charge in [-0.05, 0) is 25.0 Å². The summed E-state index contributed by atoms with van der Waals surface area (Å²) < 4.78 is 1.63. The second kappa shape index (κ2) is 5.76. The Morgan fingerprint density at radius 2 is 2.11 bits per heavy atom. The highest BCUT2D eigenvalue weighted by atomic mass is 35.5. The molecule has 1 aromatic heterocycles. The number of hydrogen-bond donors (Lipinski definition) is 0. The number of halogens is 2. The van der Waals surface area contributed by atoms with Gasteiger partial charge < -0.3 is 0 Å². The summed E-state index contributed by atoms with van der Waals surface area (Å²) in [6.07, 6.45) is 2.37. The van der Waals surface area contributed by atoms with E-state index < -0.39 is 0 Å². The van der Waals surface area contributed by atoms with Crippen molar-refractivity contribution in [2.75, 3.05) is 0 Å². The predicted molar refractivity (Wildman–Crippen MR) is 77.1 cm³/mol. The van der Waals surface area contributed by atoms with Crippen molar-refractivity contribution in [1.29, 1.82) is 0 Å². The Hall–Kier alpha value is -1.32. The second-order valence-corrected chi connectivity index (χ2v) is 5.11. The van der Waals surface area contributed by atoms with Gasteiger partial charge in [-0.2, -0.15) is 5.10 Å². The van der Waals surface area contributed by atoms with Crippen LogP contribution in [0.25, 0.3) is 0 Å². The molecule has 1 heterocycles. The SMILES string of the molecule is CCCn1ncc(Cl)c1C(=O)c1cccc(C)c1Cl. The van der Waals surface area contributed by atoms with Gasteiger partial charge in [-0.3, -0.25) is 9.48 Å². The number of nitrogens with zero attached hydrogens (tertiary/aromatic N) is 2. The molecule has 0 radical (unpaired) electrons. The lowest BCUT2D eigenvalue weighted by Gasteiger charge is -2.08. The Kier molecular flexibility index (Phi) is 4.27. The second-order valence-electron chi connectivity index (χ2n) is 4.33. The highest BCUT2D eigenvalue weighted by Crippen LogP contribution is 2.26. The van der Waals surface area contributed by atoms with Crippen molar-refractivity contribution in [2.24, 2.45) is 0 Å². The summed E-state index contributed by atoms with van der Waals surface area (Å²) in [4.78, 5) is 12.6. The van der Waals surface area contributed by atoms with Crippen molar-refractivity contribution in [3.05, 3.63) is 51.3 Å². The number of benzene rings is 1. The van der Waals surface area contributed by atoms with Gasteiger partial charge >= 0.3 is 0 Å². The third-order valence-corrected chi connectivity index (χ3v) is 3.66. The van der Waals surface area contributed by atoms with Gasteiger partial charge in [0.1, 0.15) is 5.69 Å². The lowest BCUT2D eigenvalue weighted by atomic mass is 10.1. The van der Waals surface area contributed by atoms with Gasteiger partial charge in [0, 0.05) is 12.1 Å². The zero-order valence-corrected chi connectivity index (χ0v) is 12.3. The fourth-order valence-corrected chi connectivity index (χ4v) is 2.36. The monoisotopic (exact) mass is 296 g/mol. The highest BCUT2D eigenvalue weighted by molar-refractivity contribution is 6.38. The van der Waals surface area contributed by atoms with Crippen LogP contribution in [0.15, 0.2) is 24.4 Å². The van der Waals surface area contributed by atoms with Crippen molar-refractivity contribution in [2.45, 2.75) is 26.8 Å². The normalized spacial score (nSPS) is 10.7. The molecule has 0 saturated heterocycles. The quantitative estimate of drug-likeness (QED) is 0.795. The van der Waals surface area contributed by atoms with Crippen LogP contribution >= 0.6 is 23.2 Å². The van der Waals surface area contributed by atoms with E-state index in [1.165, 1.54) is 6.20 Å². The molecule has 0 aliphatic heterocycles. The molecule has 2 aromatic rings. The highest BCUT2D eigenvalue weighted by Gasteiger charge is 2.21. The molecule has 0 unspecified atom stereocenters. The number of rotatable bonds is 4. The van der Waals surface area contributed by atoms with Gasteiger partial charge in [-0.1, -0.05) is 42.3 Å². The van der Waals surface area contributed by atoms with E-state index >= 15 is 0 Å². The number of hydrogen-bond acceptors (Lipinski definition) is 2. The molecule has 0 atom stereocenters. The topological polar surface area (TPSA) is 34.9 Å². The maximum Gasteiger partial charge on any atom is 0.214 e. The maximum absolute atomic E-state index is 12.6. The lowest BCUT2D eigenvalue weighted by molar-refractivity contribution is 0.102. The predicted octanol–water partition coefficient (Wildman–Crippen LogP) is 4.14. The molecular formula is C14H14Cl2N2O. The number of carbonyl (C=O) groups excluding carboxylic acids is 1. The molecule has 5 heteroatoms. The van der Waals surface area contributed by atoms with E-state index in [0.29, 0.717) is 27.8 Å². The van der Waals surface area contributed by atoms with E-state index in [-0.39, 0.29) is 5.78 Å². The number of aryl methyl sites for hydroxylation is 2. The minimum absolute atomic E-state index is 0.190. The number of aromatic nitrogens is 2. The van der Waals surface area contributed by atoms with Crippen molar-refractivity contribution in [3.8, 4) is 0 Å². The minimum Gasteiger partial charge on any atom is -0.287 e. The summed E-state index contributed by atoms with van der Waals surface area (Å²) >= 11 is 12.3. The van der Waals surface area contributed by atoms with Crippen LogP contribution in [0.4, 0.5) is 0 Å². The molecule has 19 heavy (non-hydrogen) atoms. The number of carbonyl (C=O) groups is 1. The fourth-order valence-electron chi connectivity index (χ4n) is 1.92. The Morgan fingerprint density at radius 3 is 2.79 bits per heavy atom. The van der Waals surface area contributed by atoms with E-state index in [0.717, 1.165) is 12.0 Å². The van der Waals surface area contributed by atoms with Gasteiger partial charge in [0.05, 0.1) is 16.2 Å². The molecule has 0 N–H and O–H groups in total. The van der Waals surface area contributed by atoms with Crippen LogP contribution in [-0.4, -0.2) is 15.6 Å². The molecule has 0 aliphatic carbocycles.